The summed E-state index contributed by atoms with van der Waals surface area (Å²) in [6, 6.07) is 12.6. The van der Waals surface area contributed by atoms with Gasteiger partial charge in [0.05, 0.1) is 12.5 Å². The molecule has 0 aliphatic carbocycles. The van der Waals surface area contributed by atoms with Crippen LogP contribution in [0.2, 0.25) is 0 Å². The van der Waals surface area contributed by atoms with Gasteiger partial charge < -0.3 is 14.7 Å². The zero-order valence-electron chi connectivity index (χ0n) is 13.3. The molecule has 24 heavy (non-hydrogen) atoms. The van der Waals surface area contributed by atoms with E-state index in [1.165, 1.54) is 6.07 Å². The van der Waals surface area contributed by atoms with Gasteiger partial charge in [0.1, 0.15) is 5.82 Å². The summed E-state index contributed by atoms with van der Waals surface area (Å²) in [7, 11) is 0. The van der Waals surface area contributed by atoms with E-state index in [1.807, 2.05) is 29.2 Å². The largest absolute Gasteiger partial charge is 0.477 e. The van der Waals surface area contributed by atoms with E-state index in [2.05, 4.69) is 4.98 Å². The third-order valence-electron chi connectivity index (χ3n) is 4.04. The summed E-state index contributed by atoms with van der Waals surface area (Å²) in [6.07, 6.45) is 0. The number of nitrogens with zero attached hydrogens (tertiary/aromatic N) is 2. The highest BCUT2D eigenvalue weighted by Gasteiger charge is 2.32. The van der Waals surface area contributed by atoms with E-state index in [4.69, 9.17) is 9.84 Å². The lowest BCUT2D eigenvalue weighted by Crippen LogP contribution is -2.38. The molecule has 0 spiro atoms. The van der Waals surface area contributed by atoms with Gasteiger partial charge in [0, 0.05) is 13.1 Å². The molecule has 2 heterocycles. The van der Waals surface area contributed by atoms with Crippen molar-refractivity contribution in [2.75, 3.05) is 18.1 Å². The lowest BCUT2D eigenvalue weighted by atomic mass is 9.89. The van der Waals surface area contributed by atoms with Gasteiger partial charge in [-0.2, -0.15) is 0 Å². The predicted molar refractivity (Wildman–Crippen MR) is 88.1 cm³/mol. The monoisotopic (exact) mass is 326 g/mol. The molecule has 1 N–H and O–H groups in total. The van der Waals surface area contributed by atoms with E-state index < -0.39 is 11.9 Å². The van der Waals surface area contributed by atoms with Crippen LogP contribution >= 0.6 is 0 Å². The Morgan fingerprint density at radius 3 is 2.79 bits per heavy atom. The van der Waals surface area contributed by atoms with Crippen molar-refractivity contribution < 1.29 is 19.4 Å². The van der Waals surface area contributed by atoms with Crippen LogP contribution in [0.15, 0.2) is 42.5 Å². The molecule has 0 saturated carbocycles. The molecule has 0 bridgehead atoms. The lowest BCUT2D eigenvalue weighted by molar-refractivity contribution is -0.144. The number of hydrogen-bond acceptors (Lipinski definition) is 5. The van der Waals surface area contributed by atoms with Crippen molar-refractivity contribution in [1.29, 1.82) is 0 Å². The lowest BCUT2D eigenvalue weighted by Gasteiger charge is -2.34. The molecule has 0 fully saturated rings. The molecule has 1 atom stereocenters. The van der Waals surface area contributed by atoms with Crippen molar-refractivity contribution in [3.05, 3.63) is 59.3 Å². The average molecular weight is 326 g/mol. The molecule has 0 radical (unpaired) electrons. The minimum absolute atomic E-state index is 0.0148. The Balaban J connectivity index is 1.96. The van der Waals surface area contributed by atoms with Crippen molar-refractivity contribution in [3.8, 4) is 0 Å². The van der Waals surface area contributed by atoms with Gasteiger partial charge in [-0.3, -0.25) is 4.79 Å². The third kappa shape index (κ3) is 3.08. The van der Waals surface area contributed by atoms with Gasteiger partial charge >= 0.3 is 11.9 Å². The number of benzene rings is 1. The maximum atomic E-state index is 12.3. The van der Waals surface area contributed by atoms with Crippen molar-refractivity contribution in [3.63, 3.8) is 0 Å². The topological polar surface area (TPSA) is 79.7 Å². The number of carboxylic acids is 1. The Hall–Kier alpha value is -2.89. The van der Waals surface area contributed by atoms with Crippen LogP contribution in [0.25, 0.3) is 0 Å². The molecule has 1 unspecified atom stereocenters. The summed E-state index contributed by atoms with van der Waals surface area (Å²) in [5.41, 5.74) is 1.96. The molecule has 6 heteroatoms. The Morgan fingerprint density at radius 1 is 1.25 bits per heavy atom. The third-order valence-corrected chi connectivity index (χ3v) is 4.04. The van der Waals surface area contributed by atoms with Gasteiger partial charge in [-0.1, -0.05) is 30.3 Å². The van der Waals surface area contributed by atoms with Crippen LogP contribution in [0.5, 0.6) is 0 Å². The van der Waals surface area contributed by atoms with Crippen LogP contribution in [0.4, 0.5) is 5.82 Å². The van der Waals surface area contributed by atoms with Gasteiger partial charge in [0.25, 0.3) is 0 Å². The smallest absolute Gasteiger partial charge is 0.354 e. The fourth-order valence-electron chi connectivity index (χ4n) is 2.94. The van der Waals surface area contributed by atoms with Gasteiger partial charge in [-0.25, -0.2) is 9.78 Å². The molecule has 0 amide bonds. The van der Waals surface area contributed by atoms with Crippen LogP contribution in [0.3, 0.4) is 0 Å². The number of anilines is 1. The van der Waals surface area contributed by atoms with Crippen LogP contribution in [-0.2, 0) is 16.1 Å². The predicted octanol–water partition coefficient (Wildman–Crippen LogP) is 2.45. The number of carboxylic acid groups (broad SMARTS) is 1. The number of carbonyl (C=O) groups excluding carboxylic acids is 1. The van der Waals surface area contributed by atoms with E-state index in [0.717, 1.165) is 11.1 Å². The van der Waals surface area contributed by atoms with Crippen molar-refractivity contribution in [2.45, 2.75) is 19.4 Å². The van der Waals surface area contributed by atoms with Gasteiger partial charge in [0.15, 0.2) is 5.69 Å². The number of aromatic nitrogens is 1. The Kier molecular flexibility index (Phi) is 4.46. The number of esters is 1. The maximum Gasteiger partial charge on any atom is 0.354 e. The number of fused-ring (bicyclic) bond motifs is 1. The molecule has 124 valence electrons. The minimum atomic E-state index is -1.07. The first-order valence-corrected chi connectivity index (χ1v) is 7.80. The molecule has 2 aromatic rings. The second-order valence-electron chi connectivity index (χ2n) is 5.57. The van der Waals surface area contributed by atoms with E-state index >= 15 is 0 Å². The highest BCUT2D eigenvalue weighted by atomic mass is 16.5. The van der Waals surface area contributed by atoms with Crippen LogP contribution in [0, 0.1) is 0 Å². The van der Waals surface area contributed by atoms with Crippen molar-refractivity contribution >= 4 is 17.8 Å². The molecular formula is C18H18N2O4. The van der Waals surface area contributed by atoms with Crippen molar-refractivity contribution in [1.82, 2.24) is 4.98 Å². The standard InChI is InChI=1S/C18H18N2O4/c1-2-24-18(23)14-11-20(10-12-6-3-4-7-13(12)14)16-9-5-8-15(19-16)17(21)22/h3-9,14H,2,10-11H2,1H3,(H,21,22). The van der Waals surface area contributed by atoms with Crippen LogP contribution in [0.1, 0.15) is 34.5 Å². The zero-order chi connectivity index (χ0) is 17.1. The number of carbonyl (C=O) groups is 2. The second kappa shape index (κ2) is 6.70. The number of hydrogen-bond donors (Lipinski definition) is 1. The fourth-order valence-corrected chi connectivity index (χ4v) is 2.94. The first-order chi connectivity index (χ1) is 11.6. The molecule has 1 aromatic carbocycles. The van der Waals surface area contributed by atoms with E-state index in [0.29, 0.717) is 25.5 Å². The SMILES string of the molecule is CCOC(=O)C1CN(c2cccc(C(=O)O)n2)Cc2ccccc21. The van der Waals surface area contributed by atoms with Crippen LogP contribution < -0.4 is 4.90 Å². The first-order valence-electron chi connectivity index (χ1n) is 7.80. The average Bonchev–Trinajstić information content (AvgIpc) is 2.61. The molecule has 1 aromatic heterocycles. The zero-order valence-corrected chi connectivity index (χ0v) is 13.3. The minimum Gasteiger partial charge on any atom is -0.477 e. The summed E-state index contributed by atoms with van der Waals surface area (Å²) in [4.78, 5) is 29.6. The molecule has 0 saturated heterocycles. The van der Waals surface area contributed by atoms with Crippen LogP contribution in [-0.4, -0.2) is 35.2 Å². The van der Waals surface area contributed by atoms with Gasteiger partial charge in [0.2, 0.25) is 0 Å². The number of pyridine rings is 1. The number of ether oxygens (including phenoxy) is 1. The molecule has 3 rings (SSSR count). The first kappa shape index (κ1) is 16.0. The Morgan fingerprint density at radius 2 is 2.04 bits per heavy atom. The second-order valence-corrected chi connectivity index (χ2v) is 5.57. The summed E-state index contributed by atoms with van der Waals surface area (Å²) < 4.78 is 5.20. The normalized spacial score (nSPS) is 16.4. The summed E-state index contributed by atoms with van der Waals surface area (Å²) in [6.45, 7) is 3.08. The Labute approximate surface area is 139 Å². The highest BCUT2D eigenvalue weighted by Crippen LogP contribution is 2.31. The van der Waals surface area contributed by atoms with E-state index in [1.54, 1.807) is 19.1 Å². The maximum absolute atomic E-state index is 12.3. The summed E-state index contributed by atoms with van der Waals surface area (Å²) in [5.74, 6) is -1.22. The van der Waals surface area contributed by atoms with Gasteiger partial charge in [-0.05, 0) is 30.2 Å². The Bertz CT molecular complexity index is 775. The van der Waals surface area contributed by atoms with E-state index in [9.17, 15) is 9.59 Å². The molecule has 1 aliphatic heterocycles. The fraction of sp³-hybridized carbons (Fsp3) is 0.278. The molecule has 6 nitrogen and oxygen atoms in total. The summed E-state index contributed by atoms with van der Waals surface area (Å²) in [5, 5.41) is 9.12. The number of rotatable bonds is 4. The molecular weight excluding hydrogens is 308 g/mol. The summed E-state index contributed by atoms with van der Waals surface area (Å²) >= 11 is 0. The van der Waals surface area contributed by atoms with Crippen molar-refractivity contribution in [2.24, 2.45) is 0 Å². The number of aromatic carboxylic acids is 1. The quantitative estimate of drug-likeness (QED) is 0.869. The molecule has 1 aliphatic rings. The van der Waals surface area contributed by atoms with Gasteiger partial charge in [-0.15, -0.1) is 0 Å². The highest BCUT2D eigenvalue weighted by molar-refractivity contribution is 5.86. The van der Waals surface area contributed by atoms with E-state index in [-0.39, 0.29) is 11.7 Å².